The number of nitro benzene ring substituents is 1. The molecule has 1 aromatic carbocycles. The van der Waals surface area contributed by atoms with E-state index in [0.717, 1.165) is 24.8 Å². The molecule has 7 heteroatoms. The van der Waals surface area contributed by atoms with Crippen LogP contribution in [-0.2, 0) is 4.74 Å². The van der Waals surface area contributed by atoms with E-state index < -0.39 is 5.60 Å². The fraction of sp³-hybridized carbons (Fsp3) is 0.611. The fourth-order valence-electron chi connectivity index (χ4n) is 2.89. The van der Waals surface area contributed by atoms with Crippen LogP contribution in [-0.4, -0.2) is 40.6 Å². The second-order valence-corrected chi connectivity index (χ2v) is 7.54. The van der Waals surface area contributed by atoms with E-state index in [1.54, 1.807) is 17.0 Å². The number of likely N-dealkylation sites (tertiary alicyclic amines) is 1. The van der Waals surface area contributed by atoms with Crippen molar-refractivity contribution in [2.45, 2.75) is 58.6 Å². The number of hydrogen-bond donors (Lipinski definition) is 1. The van der Waals surface area contributed by atoms with Gasteiger partial charge < -0.3 is 15.0 Å². The van der Waals surface area contributed by atoms with Crippen LogP contribution in [0.25, 0.3) is 0 Å². The van der Waals surface area contributed by atoms with Crippen LogP contribution in [0.15, 0.2) is 18.2 Å². The zero-order chi connectivity index (χ0) is 18.6. The van der Waals surface area contributed by atoms with Gasteiger partial charge in [-0.2, -0.15) is 0 Å². The minimum absolute atomic E-state index is 0.0450. The summed E-state index contributed by atoms with van der Waals surface area (Å²) in [7, 11) is 0. The lowest BCUT2D eigenvalue weighted by atomic mass is 10.1. The molecule has 2 rings (SSSR count). The van der Waals surface area contributed by atoms with Gasteiger partial charge in [0.05, 0.1) is 4.92 Å². The Hall–Kier alpha value is -2.31. The first-order chi connectivity index (χ1) is 11.7. The van der Waals surface area contributed by atoms with Crippen LogP contribution < -0.4 is 5.32 Å². The van der Waals surface area contributed by atoms with Crippen molar-refractivity contribution in [3.05, 3.63) is 33.9 Å². The zero-order valence-corrected chi connectivity index (χ0v) is 15.4. The van der Waals surface area contributed by atoms with Crippen molar-refractivity contribution < 1.29 is 14.5 Å². The topological polar surface area (TPSA) is 84.7 Å². The Morgan fingerprint density at radius 1 is 1.36 bits per heavy atom. The van der Waals surface area contributed by atoms with Gasteiger partial charge in [-0.1, -0.05) is 6.07 Å². The number of nitrogens with one attached hydrogen (secondary N) is 1. The van der Waals surface area contributed by atoms with Gasteiger partial charge in [-0.3, -0.25) is 10.1 Å². The van der Waals surface area contributed by atoms with Crippen molar-refractivity contribution in [2.75, 3.05) is 18.4 Å². The molecule has 0 bridgehead atoms. The maximum absolute atomic E-state index is 12.4. The Bertz CT molecular complexity index is 640. The minimum Gasteiger partial charge on any atom is -0.444 e. The highest BCUT2D eigenvalue weighted by Crippen LogP contribution is 2.27. The van der Waals surface area contributed by atoms with Crippen LogP contribution >= 0.6 is 0 Å². The molecule has 1 N–H and O–H groups in total. The standard InChI is InChI=1S/C18H27N3O4/c1-13-8-9-15(16(11-13)21(23)24)19-14-7-5-6-10-20(12-14)17(22)25-18(2,3)4/h8-9,11,14,19H,5-7,10,12H2,1-4H3. The van der Waals surface area contributed by atoms with E-state index in [1.807, 2.05) is 33.8 Å². The number of aryl methyl sites for hydroxylation is 1. The Morgan fingerprint density at radius 2 is 2.08 bits per heavy atom. The average Bonchev–Trinajstić information content (AvgIpc) is 2.73. The molecular weight excluding hydrogens is 322 g/mol. The van der Waals surface area contributed by atoms with E-state index in [9.17, 15) is 14.9 Å². The van der Waals surface area contributed by atoms with E-state index >= 15 is 0 Å². The third-order valence-electron chi connectivity index (χ3n) is 4.03. The summed E-state index contributed by atoms with van der Waals surface area (Å²) in [6.07, 6.45) is 2.37. The third kappa shape index (κ3) is 5.62. The number of ether oxygens (including phenoxy) is 1. The van der Waals surface area contributed by atoms with Gasteiger partial charge in [0.25, 0.3) is 5.69 Å². The summed E-state index contributed by atoms with van der Waals surface area (Å²) in [5, 5.41) is 14.5. The monoisotopic (exact) mass is 349 g/mol. The largest absolute Gasteiger partial charge is 0.444 e. The van der Waals surface area contributed by atoms with Gasteiger partial charge in [-0.15, -0.1) is 0 Å². The highest BCUT2D eigenvalue weighted by Gasteiger charge is 2.27. The maximum Gasteiger partial charge on any atom is 0.410 e. The lowest BCUT2D eigenvalue weighted by Gasteiger charge is -2.28. The van der Waals surface area contributed by atoms with Gasteiger partial charge >= 0.3 is 6.09 Å². The first-order valence-corrected chi connectivity index (χ1v) is 8.65. The molecule has 1 fully saturated rings. The van der Waals surface area contributed by atoms with Gasteiger partial charge in [0.1, 0.15) is 11.3 Å². The van der Waals surface area contributed by atoms with Crippen LogP contribution in [0, 0.1) is 17.0 Å². The number of carbonyl (C=O) groups is 1. The molecule has 1 amide bonds. The van der Waals surface area contributed by atoms with Crippen molar-refractivity contribution in [3.63, 3.8) is 0 Å². The van der Waals surface area contributed by atoms with Gasteiger partial charge in [0.15, 0.2) is 0 Å². The molecule has 0 spiro atoms. The number of anilines is 1. The van der Waals surface area contributed by atoms with Gasteiger partial charge in [0, 0.05) is 25.2 Å². The Labute approximate surface area is 148 Å². The van der Waals surface area contributed by atoms with E-state index in [0.29, 0.717) is 18.8 Å². The lowest BCUT2D eigenvalue weighted by molar-refractivity contribution is -0.384. The van der Waals surface area contributed by atoms with E-state index in [4.69, 9.17) is 4.74 Å². The number of carbonyl (C=O) groups excluding carboxylic acids is 1. The van der Waals surface area contributed by atoms with Gasteiger partial charge in [-0.25, -0.2) is 4.79 Å². The van der Waals surface area contributed by atoms with Crippen molar-refractivity contribution in [3.8, 4) is 0 Å². The van der Waals surface area contributed by atoms with Crippen LogP contribution in [0.1, 0.15) is 45.6 Å². The number of nitrogens with zero attached hydrogens (tertiary/aromatic N) is 2. The molecule has 1 aliphatic rings. The summed E-state index contributed by atoms with van der Waals surface area (Å²) >= 11 is 0. The number of rotatable bonds is 3. The van der Waals surface area contributed by atoms with Crippen LogP contribution in [0.3, 0.4) is 0 Å². The van der Waals surface area contributed by atoms with E-state index in [-0.39, 0.29) is 22.7 Å². The summed E-state index contributed by atoms with van der Waals surface area (Å²) in [4.78, 5) is 25.0. The number of hydrogen-bond acceptors (Lipinski definition) is 5. The molecule has 1 atom stereocenters. The highest BCUT2D eigenvalue weighted by atomic mass is 16.6. The molecule has 138 valence electrons. The maximum atomic E-state index is 12.4. The first-order valence-electron chi connectivity index (χ1n) is 8.65. The van der Waals surface area contributed by atoms with Crippen molar-refractivity contribution in [1.82, 2.24) is 4.90 Å². The van der Waals surface area contributed by atoms with Crippen LogP contribution in [0.4, 0.5) is 16.2 Å². The predicted molar refractivity (Wildman–Crippen MR) is 96.9 cm³/mol. The molecule has 25 heavy (non-hydrogen) atoms. The quantitative estimate of drug-likeness (QED) is 0.656. The molecule has 0 aromatic heterocycles. The van der Waals surface area contributed by atoms with Gasteiger partial charge in [-0.05, 0) is 58.6 Å². The number of benzene rings is 1. The summed E-state index contributed by atoms with van der Waals surface area (Å²) in [6, 6.07) is 5.09. The Balaban J connectivity index is 2.11. The molecule has 0 radical (unpaired) electrons. The van der Waals surface area contributed by atoms with E-state index in [1.165, 1.54) is 0 Å². The predicted octanol–water partition coefficient (Wildman–Crippen LogP) is 4.10. The molecule has 1 aromatic rings. The normalized spacial score (nSPS) is 18.4. The lowest BCUT2D eigenvalue weighted by Crippen LogP contribution is -2.42. The minimum atomic E-state index is -0.540. The van der Waals surface area contributed by atoms with Crippen molar-refractivity contribution in [2.24, 2.45) is 0 Å². The fourth-order valence-corrected chi connectivity index (χ4v) is 2.89. The smallest absolute Gasteiger partial charge is 0.410 e. The molecular formula is C18H27N3O4. The summed E-state index contributed by atoms with van der Waals surface area (Å²) in [5.74, 6) is 0. The summed E-state index contributed by atoms with van der Waals surface area (Å²) < 4.78 is 5.46. The average molecular weight is 349 g/mol. The Morgan fingerprint density at radius 3 is 2.72 bits per heavy atom. The summed E-state index contributed by atoms with van der Waals surface area (Å²) in [5.41, 5.74) is 0.857. The zero-order valence-electron chi connectivity index (χ0n) is 15.4. The number of nitro groups is 1. The number of amides is 1. The molecule has 1 heterocycles. The molecule has 1 unspecified atom stereocenters. The second kappa shape index (κ2) is 7.72. The molecule has 0 saturated carbocycles. The van der Waals surface area contributed by atoms with E-state index in [2.05, 4.69) is 5.32 Å². The highest BCUT2D eigenvalue weighted by molar-refractivity contribution is 5.68. The molecule has 1 aliphatic heterocycles. The first kappa shape index (κ1) is 19.0. The van der Waals surface area contributed by atoms with Crippen LogP contribution in [0.2, 0.25) is 0 Å². The van der Waals surface area contributed by atoms with Crippen molar-refractivity contribution >= 4 is 17.5 Å². The second-order valence-electron chi connectivity index (χ2n) is 7.54. The van der Waals surface area contributed by atoms with Crippen molar-refractivity contribution in [1.29, 1.82) is 0 Å². The Kier molecular flexibility index (Phi) is 5.87. The van der Waals surface area contributed by atoms with Crippen LogP contribution in [0.5, 0.6) is 0 Å². The SMILES string of the molecule is Cc1ccc(NC2CCCCN(C(=O)OC(C)(C)C)C2)c([N+](=O)[O-])c1. The molecule has 7 nitrogen and oxygen atoms in total. The molecule has 1 saturated heterocycles. The molecule has 0 aliphatic carbocycles. The third-order valence-corrected chi connectivity index (χ3v) is 4.03. The summed E-state index contributed by atoms with van der Waals surface area (Å²) in [6.45, 7) is 8.46. The van der Waals surface area contributed by atoms with Gasteiger partial charge in [0.2, 0.25) is 0 Å².